The van der Waals surface area contributed by atoms with Crippen molar-refractivity contribution in [2.75, 3.05) is 11.9 Å². The first-order valence-corrected chi connectivity index (χ1v) is 5.29. The van der Waals surface area contributed by atoms with E-state index in [0.717, 1.165) is 0 Å². The van der Waals surface area contributed by atoms with Crippen molar-refractivity contribution in [2.45, 2.75) is 6.92 Å². The first-order valence-electron chi connectivity index (χ1n) is 5.29. The summed E-state index contributed by atoms with van der Waals surface area (Å²) in [6.45, 7) is 1.57. The quantitative estimate of drug-likeness (QED) is 0.796. The van der Waals surface area contributed by atoms with Crippen LogP contribution in [0, 0.1) is 12.9 Å². The molecule has 0 atom stereocenters. The molecule has 0 saturated heterocycles. The second-order valence-corrected chi connectivity index (χ2v) is 3.87. The summed E-state index contributed by atoms with van der Waals surface area (Å²) in [5.74, 6) is -0.101. The largest absolute Gasteiger partial charge is 0.466 e. The number of rotatable bonds is 1. The number of nitrogens with one attached hydrogen (secondary N) is 2. The van der Waals surface area contributed by atoms with Crippen molar-refractivity contribution in [3.63, 3.8) is 0 Å². The Morgan fingerprint density at radius 3 is 2.94 bits per heavy atom. The first-order chi connectivity index (χ1) is 8.63. The van der Waals surface area contributed by atoms with E-state index < -0.39 is 5.95 Å². The Labute approximate surface area is 101 Å². The lowest BCUT2D eigenvalue weighted by Gasteiger charge is -2.16. The zero-order chi connectivity index (χ0) is 12.7. The van der Waals surface area contributed by atoms with Crippen LogP contribution in [0.4, 0.5) is 10.1 Å². The molecule has 3 heterocycles. The Kier molecular flexibility index (Phi) is 2.26. The van der Waals surface area contributed by atoms with Crippen LogP contribution in [-0.4, -0.2) is 27.5 Å². The van der Waals surface area contributed by atoms with Crippen molar-refractivity contribution >= 4 is 11.6 Å². The van der Waals surface area contributed by atoms with Crippen LogP contribution in [0.2, 0.25) is 0 Å². The number of fused-ring (bicyclic) bond motifs is 1. The predicted octanol–water partition coefficient (Wildman–Crippen LogP) is 1.25. The lowest BCUT2D eigenvalue weighted by molar-refractivity contribution is -0.118. The molecule has 7 heteroatoms. The number of aryl methyl sites for hydroxylation is 1. The van der Waals surface area contributed by atoms with E-state index in [9.17, 15) is 9.18 Å². The van der Waals surface area contributed by atoms with Crippen LogP contribution in [0.1, 0.15) is 5.82 Å². The molecule has 1 aliphatic rings. The van der Waals surface area contributed by atoms with Crippen molar-refractivity contribution < 1.29 is 13.9 Å². The van der Waals surface area contributed by atoms with Crippen molar-refractivity contribution in [3.8, 4) is 17.3 Å². The van der Waals surface area contributed by atoms with Gasteiger partial charge >= 0.3 is 0 Å². The monoisotopic (exact) mass is 248 g/mol. The van der Waals surface area contributed by atoms with E-state index in [-0.39, 0.29) is 24.1 Å². The maximum Gasteiger partial charge on any atom is 0.262 e. The Morgan fingerprint density at radius 2 is 2.22 bits per heavy atom. The van der Waals surface area contributed by atoms with Gasteiger partial charge in [-0.25, -0.2) is 9.97 Å². The predicted molar refractivity (Wildman–Crippen MR) is 60.6 cm³/mol. The van der Waals surface area contributed by atoms with E-state index in [1.54, 1.807) is 19.1 Å². The van der Waals surface area contributed by atoms with E-state index >= 15 is 0 Å². The molecule has 0 unspecified atom stereocenters. The third-order valence-corrected chi connectivity index (χ3v) is 2.51. The number of ether oxygens (including phenoxy) is 1. The molecule has 0 fully saturated rings. The minimum Gasteiger partial charge on any atom is -0.466 e. The number of hydrogen-bond acceptors (Lipinski definition) is 4. The third kappa shape index (κ3) is 1.69. The van der Waals surface area contributed by atoms with Crippen LogP contribution >= 0.6 is 0 Å². The lowest BCUT2D eigenvalue weighted by Crippen LogP contribution is -2.26. The van der Waals surface area contributed by atoms with Gasteiger partial charge in [-0.05, 0) is 19.1 Å². The molecule has 0 aromatic carbocycles. The number of amides is 1. The van der Waals surface area contributed by atoms with Gasteiger partial charge in [0.15, 0.2) is 6.61 Å². The highest BCUT2D eigenvalue weighted by Gasteiger charge is 2.19. The fourth-order valence-corrected chi connectivity index (χ4v) is 1.74. The molecule has 2 N–H and O–H groups in total. The Hall–Kier alpha value is -2.44. The number of nitrogens with zero attached hydrogens (tertiary/aromatic N) is 2. The fraction of sp³-hybridized carbons (Fsp3) is 0.182. The highest BCUT2D eigenvalue weighted by Crippen LogP contribution is 2.29. The lowest BCUT2D eigenvalue weighted by atomic mass is 10.2. The fourth-order valence-electron chi connectivity index (χ4n) is 1.74. The Balaban J connectivity index is 2.05. The highest BCUT2D eigenvalue weighted by atomic mass is 19.1. The molecule has 0 aliphatic carbocycles. The van der Waals surface area contributed by atoms with Gasteiger partial charge in [-0.2, -0.15) is 4.39 Å². The molecule has 2 aromatic heterocycles. The number of carbonyl (C=O) groups excluding carboxylic acids is 1. The summed E-state index contributed by atoms with van der Waals surface area (Å²) in [6, 6.07) is 3.20. The Bertz CT molecular complexity index is 638. The van der Waals surface area contributed by atoms with Crippen LogP contribution in [0.3, 0.4) is 0 Å². The van der Waals surface area contributed by atoms with E-state index in [0.29, 0.717) is 17.2 Å². The van der Waals surface area contributed by atoms with Crippen LogP contribution in [0.5, 0.6) is 5.88 Å². The average Bonchev–Trinajstić information content (AvgIpc) is 2.68. The summed E-state index contributed by atoms with van der Waals surface area (Å²) in [5.41, 5.74) is 1.06. The number of carbonyl (C=O) groups is 1. The first kappa shape index (κ1) is 10.7. The normalized spacial score (nSPS) is 13.8. The molecule has 2 aromatic rings. The van der Waals surface area contributed by atoms with Gasteiger partial charge in [0, 0.05) is 0 Å². The van der Waals surface area contributed by atoms with Crippen LogP contribution in [-0.2, 0) is 4.79 Å². The number of aromatic amines is 1. The van der Waals surface area contributed by atoms with Gasteiger partial charge in [0.05, 0.1) is 5.69 Å². The van der Waals surface area contributed by atoms with Crippen LogP contribution < -0.4 is 10.1 Å². The molecule has 92 valence electrons. The van der Waals surface area contributed by atoms with Gasteiger partial charge in [0.2, 0.25) is 11.8 Å². The zero-order valence-electron chi connectivity index (χ0n) is 9.45. The molecule has 0 bridgehead atoms. The maximum absolute atomic E-state index is 13.5. The highest BCUT2D eigenvalue weighted by molar-refractivity contribution is 5.95. The summed E-state index contributed by atoms with van der Waals surface area (Å²) in [6.07, 6.45) is 0. The van der Waals surface area contributed by atoms with E-state index in [4.69, 9.17) is 4.74 Å². The number of hydrogen-bond donors (Lipinski definition) is 2. The molecule has 1 amide bonds. The van der Waals surface area contributed by atoms with Crippen molar-refractivity contribution in [3.05, 3.63) is 23.9 Å². The van der Waals surface area contributed by atoms with Gasteiger partial charge in [-0.15, -0.1) is 0 Å². The summed E-state index contributed by atoms with van der Waals surface area (Å²) in [4.78, 5) is 21.7. The van der Waals surface area contributed by atoms with Crippen molar-refractivity contribution in [1.29, 1.82) is 0 Å². The number of pyridine rings is 1. The summed E-state index contributed by atoms with van der Waals surface area (Å²) >= 11 is 0. The van der Waals surface area contributed by atoms with Gasteiger partial charge in [0.25, 0.3) is 5.91 Å². The summed E-state index contributed by atoms with van der Waals surface area (Å²) < 4.78 is 18.7. The molecule has 6 nitrogen and oxygen atoms in total. The molecular weight excluding hydrogens is 239 g/mol. The van der Waals surface area contributed by atoms with Gasteiger partial charge in [-0.3, -0.25) is 4.79 Å². The second kappa shape index (κ2) is 3.80. The number of imidazole rings is 1. The smallest absolute Gasteiger partial charge is 0.262 e. The molecule has 18 heavy (non-hydrogen) atoms. The standard InChI is InChI=1S/C11H9FN4O2/c1-5-13-9(10(12)14-5)6-2-3-7-11(16-6)18-4-8(17)15-7/h2-3H,4H2,1H3,(H,13,14)(H,15,17). The number of H-pyrrole nitrogens is 1. The molecule has 3 rings (SSSR count). The minimum atomic E-state index is -0.611. The SMILES string of the molecule is Cc1nc(F)c(-c2ccc3c(n2)OCC(=O)N3)[nH]1. The molecule has 0 radical (unpaired) electrons. The van der Waals surface area contributed by atoms with Crippen molar-refractivity contribution in [1.82, 2.24) is 15.0 Å². The minimum absolute atomic E-state index is 0.0893. The number of halogens is 1. The summed E-state index contributed by atoms with van der Waals surface area (Å²) in [5, 5.41) is 2.61. The Morgan fingerprint density at radius 1 is 1.39 bits per heavy atom. The van der Waals surface area contributed by atoms with Gasteiger partial charge < -0.3 is 15.0 Å². The van der Waals surface area contributed by atoms with Crippen molar-refractivity contribution in [2.24, 2.45) is 0 Å². The average molecular weight is 248 g/mol. The number of aromatic nitrogens is 3. The second-order valence-electron chi connectivity index (χ2n) is 3.87. The zero-order valence-corrected chi connectivity index (χ0v) is 9.45. The van der Waals surface area contributed by atoms with E-state index in [1.807, 2.05) is 0 Å². The summed E-state index contributed by atoms with van der Waals surface area (Å²) in [7, 11) is 0. The molecular formula is C11H9FN4O2. The topological polar surface area (TPSA) is 79.9 Å². The van der Waals surface area contributed by atoms with E-state index in [1.165, 1.54) is 0 Å². The van der Waals surface area contributed by atoms with Gasteiger partial charge in [-0.1, -0.05) is 0 Å². The van der Waals surface area contributed by atoms with Crippen LogP contribution in [0.15, 0.2) is 12.1 Å². The third-order valence-electron chi connectivity index (χ3n) is 2.51. The molecule has 1 aliphatic heterocycles. The van der Waals surface area contributed by atoms with Gasteiger partial charge in [0.1, 0.15) is 17.2 Å². The maximum atomic E-state index is 13.5. The van der Waals surface area contributed by atoms with Crippen LogP contribution in [0.25, 0.3) is 11.4 Å². The molecule has 0 spiro atoms. The molecule has 0 saturated carbocycles. The van der Waals surface area contributed by atoms with E-state index in [2.05, 4.69) is 20.3 Å². The number of anilines is 1.